The fraction of sp³-hybridized carbons (Fsp3) is 0. The van der Waals surface area contributed by atoms with Crippen molar-refractivity contribution in [1.29, 1.82) is 0 Å². The summed E-state index contributed by atoms with van der Waals surface area (Å²) in [6, 6.07) is 4.77. The maximum atomic E-state index is 11.5. The van der Waals surface area contributed by atoms with Crippen LogP contribution < -0.4 is 5.32 Å². The van der Waals surface area contributed by atoms with Crippen molar-refractivity contribution in [3.63, 3.8) is 0 Å². The van der Waals surface area contributed by atoms with Crippen molar-refractivity contribution in [3.8, 4) is 0 Å². The Kier molecular flexibility index (Phi) is 2.64. The smallest absolute Gasteiger partial charge is 0.274 e. The number of carbonyl (C=O) groups is 1. The Morgan fingerprint density at radius 2 is 2.27 bits per heavy atom. The van der Waals surface area contributed by atoms with Crippen LogP contribution in [0.2, 0.25) is 5.02 Å². The van der Waals surface area contributed by atoms with Gasteiger partial charge in [0.05, 0.1) is 0 Å². The second-order valence-corrected chi connectivity index (χ2v) is 3.22. The van der Waals surface area contributed by atoms with E-state index in [0.29, 0.717) is 16.5 Å². The molecular formula is C9H7ClN4O. The van der Waals surface area contributed by atoms with Crippen LogP contribution in [0.15, 0.2) is 30.6 Å². The van der Waals surface area contributed by atoms with Crippen LogP contribution in [0.3, 0.4) is 0 Å². The Balaban J connectivity index is 2.13. The molecule has 0 unspecified atom stereocenters. The van der Waals surface area contributed by atoms with Gasteiger partial charge in [0.1, 0.15) is 11.5 Å². The third-order valence-corrected chi connectivity index (χ3v) is 1.94. The molecule has 2 rings (SSSR count). The molecule has 0 aromatic carbocycles. The van der Waals surface area contributed by atoms with E-state index in [4.69, 9.17) is 11.6 Å². The van der Waals surface area contributed by atoms with Crippen molar-refractivity contribution >= 4 is 23.3 Å². The number of aromatic nitrogens is 3. The summed E-state index contributed by atoms with van der Waals surface area (Å²) in [7, 11) is 0. The Bertz CT molecular complexity index is 469. The molecule has 6 heteroatoms. The lowest BCUT2D eigenvalue weighted by Crippen LogP contribution is -2.13. The van der Waals surface area contributed by atoms with Gasteiger partial charge in [-0.05, 0) is 18.2 Å². The van der Waals surface area contributed by atoms with Gasteiger partial charge in [0.2, 0.25) is 0 Å². The van der Waals surface area contributed by atoms with Gasteiger partial charge in [-0.3, -0.25) is 9.89 Å². The van der Waals surface area contributed by atoms with Gasteiger partial charge in [-0.15, -0.1) is 0 Å². The highest BCUT2D eigenvalue weighted by Crippen LogP contribution is 2.12. The predicted molar refractivity (Wildman–Crippen MR) is 55.8 cm³/mol. The Morgan fingerprint density at radius 3 is 2.93 bits per heavy atom. The van der Waals surface area contributed by atoms with Crippen LogP contribution in [0.25, 0.3) is 0 Å². The SMILES string of the molecule is O=C(Nc1cc(Cl)ccn1)c1ccn[nH]1. The first-order chi connectivity index (χ1) is 7.25. The molecule has 2 aromatic heterocycles. The lowest BCUT2D eigenvalue weighted by molar-refractivity contribution is 0.102. The van der Waals surface area contributed by atoms with E-state index in [2.05, 4.69) is 20.5 Å². The van der Waals surface area contributed by atoms with Crippen LogP contribution in [0.5, 0.6) is 0 Å². The number of H-pyrrole nitrogens is 1. The van der Waals surface area contributed by atoms with Gasteiger partial charge in [0, 0.05) is 17.4 Å². The average Bonchev–Trinajstić information content (AvgIpc) is 2.70. The van der Waals surface area contributed by atoms with E-state index < -0.39 is 0 Å². The number of rotatable bonds is 2. The number of pyridine rings is 1. The molecule has 2 heterocycles. The Labute approximate surface area is 90.5 Å². The van der Waals surface area contributed by atoms with Crippen LogP contribution in [0.4, 0.5) is 5.82 Å². The number of anilines is 1. The van der Waals surface area contributed by atoms with Gasteiger partial charge < -0.3 is 5.32 Å². The van der Waals surface area contributed by atoms with E-state index in [9.17, 15) is 4.79 Å². The number of amides is 1. The van der Waals surface area contributed by atoms with Gasteiger partial charge in [-0.25, -0.2) is 4.98 Å². The zero-order valence-electron chi connectivity index (χ0n) is 7.57. The van der Waals surface area contributed by atoms with E-state index in [1.165, 1.54) is 12.4 Å². The number of hydrogen-bond acceptors (Lipinski definition) is 3. The molecule has 15 heavy (non-hydrogen) atoms. The first kappa shape index (κ1) is 9.67. The van der Waals surface area contributed by atoms with Gasteiger partial charge in [-0.1, -0.05) is 11.6 Å². The summed E-state index contributed by atoms with van der Waals surface area (Å²) in [5.41, 5.74) is 0.372. The lowest BCUT2D eigenvalue weighted by atomic mass is 10.4. The second kappa shape index (κ2) is 4.10. The third-order valence-electron chi connectivity index (χ3n) is 1.71. The molecule has 76 valence electrons. The first-order valence-electron chi connectivity index (χ1n) is 4.18. The molecule has 0 radical (unpaired) electrons. The Morgan fingerprint density at radius 1 is 1.40 bits per heavy atom. The molecule has 2 aromatic rings. The highest BCUT2D eigenvalue weighted by Gasteiger charge is 2.07. The van der Waals surface area contributed by atoms with Crippen LogP contribution in [-0.2, 0) is 0 Å². The molecule has 2 N–H and O–H groups in total. The summed E-state index contributed by atoms with van der Waals surface area (Å²) in [6.45, 7) is 0. The van der Waals surface area contributed by atoms with Crippen molar-refractivity contribution in [2.45, 2.75) is 0 Å². The number of nitrogens with zero attached hydrogens (tertiary/aromatic N) is 2. The maximum Gasteiger partial charge on any atom is 0.274 e. The van der Waals surface area contributed by atoms with Crippen molar-refractivity contribution < 1.29 is 4.79 Å². The minimum atomic E-state index is -0.303. The molecule has 0 saturated heterocycles. The lowest BCUT2D eigenvalue weighted by Gasteiger charge is -2.01. The van der Waals surface area contributed by atoms with Crippen LogP contribution >= 0.6 is 11.6 Å². The second-order valence-electron chi connectivity index (χ2n) is 2.78. The van der Waals surface area contributed by atoms with Gasteiger partial charge in [0.15, 0.2) is 0 Å². The van der Waals surface area contributed by atoms with Crippen LogP contribution in [0.1, 0.15) is 10.5 Å². The van der Waals surface area contributed by atoms with Gasteiger partial charge in [-0.2, -0.15) is 5.10 Å². The van der Waals surface area contributed by atoms with Crippen molar-refractivity contribution in [2.24, 2.45) is 0 Å². The normalized spacial score (nSPS) is 9.93. The summed E-state index contributed by atoms with van der Waals surface area (Å²) in [5.74, 6) is 0.101. The van der Waals surface area contributed by atoms with E-state index in [1.54, 1.807) is 18.2 Å². The molecule has 0 aliphatic rings. The van der Waals surface area contributed by atoms with Crippen LogP contribution in [0, 0.1) is 0 Å². The minimum Gasteiger partial charge on any atom is -0.305 e. The predicted octanol–water partition coefficient (Wildman–Crippen LogP) is 1.71. The topological polar surface area (TPSA) is 70.7 Å². The van der Waals surface area contributed by atoms with E-state index in [1.807, 2.05) is 0 Å². The molecule has 5 nitrogen and oxygen atoms in total. The molecule has 0 aliphatic carbocycles. The highest BCUT2D eigenvalue weighted by atomic mass is 35.5. The van der Waals surface area contributed by atoms with Gasteiger partial charge in [0.25, 0.3) is 5.91 Å². The number of carbonyl (C=O) groups excluding carboxylic acids is 1. The number of halogens is 1. The summed E-state index contributed by atoms with van der Waals surface area (Å²) < 4.78 is 0. The summed E-state index contributed by atoms with van der Waals surface area (Å²) >= 11 is 5.74. The molecule has 0 aliphatic heterocycles. The summed E-state index contributed by atoms with van der Waals surface area (Å²) in [4.78, 5) is 15.5. The molecule has 0 fully saturated rings. The zero-order chi connectivity index (χ0) is 10.7. The van der Waals surface area contributed by atoms with Crippen LogP contribution in [-0.4, -0.2) is 21.1 Å². The van der Waals surface area contributed by atoms with Crippen molar-refractivity contribution in [3.05, 3.63) is 41.3 Å². The number of nitrogens with one attached hydrogen (secondary N) is 2. The van der Waals surface area contributed by atoms with E-state index in [0.717, 1.165) is 0 Å². The highest BCUT2D eigenvalue weighted by molar-refractivity contribution is 6.30. The number of hydrogen-bond donors (Lipinski definition) is 2. The van der Waals surface area contributed by atoms with Crippen molar-refractivity contribution in [2.75, 3.05) is 5.32 Å². The summed E-state index contributed by atoms with van der Waals surface area (Å²) in [5, 5.41) is 9.32. The monoisotopic (exact) mass is 222 g/mol. The standard InChI is InChI=1S/C9H7ClN4O/c10-6-1-3-11-8(5-6)13-9(15)7-2-4-12-14-7/h1-5H,(H,12,14)(H,11,13,15). The third kappa shape index (κ3) is 2.32. The van der Waals surface area contributed by atoms with Gasteiger partial charge >= 0.3 is 0 Å². The van der Waals surface area contributed by atoms with Crippen molar-refractivity contribution in [1.82, 2.24) is 15.2 Å². The average molecular weight is 223 g/mol. The number of aromatic amines is 1. The molecule has 0 spiro atoms. The maximum absolute atomic E-state index is 11.5. The Hall–Kier alpha value is -1.88. The summed E-state index contributed by atoms with van der Waals surface area (Å²) in [6.07, 6.45) is 3.02. The fourth-order valence-electron chi connectivity index (χ4n) is 1.04. The molecule has 0 atom stereocenters. The van der Waals surface area contributed by atoms with E-state index >= 15 is 0 Å². The molecule has 0 bridgehead atoms. The largest absolute Gasteiger partial charge is 0.305 e. The quantitative estimate of drug-likeness (QED) is 0.813. The zero-order valence-corrected chi connectivity index (χ0v) is 8.32. The first-order valence-corrected chi connectivity index (χ1v) is 4.56. The molecule has 0 saturated carbocycles. The molecule has 1 amide bonds. The molecular weight excluding hydrogens is 216 g/mol. The fourth-order valence-corrected chi connectivity index (χ4v) is 1.20. The minimum absolute atomic E-state index is 0.303. The van der Waals surface area contributed by atoms with E-state index in [-0.39, 0.29) is 5.91 Å².